The molecule has 0 aliphatic heterocycles. The highest BCUT2D eigenvalue weighted by Gasteiger charge is 2.01. The lowest BCUT2D eigenvalue weighted by atomic mass is 10.3. The predicted octanol–water partition coefficient (Wildman–Crippen LogP) is 1.70. The topological polar surface area (TPSA) is 28.7 Å². The zero-order valence-corrected chi connectivity index (χ0v) is 7.11. The lowest BCUT2D eigenvalue weighted by Gasteiger charge is -2.03. The molecule has 0 saturated carbocycles. The van der Waals surface area contributed by atoms with Crippen LogP contribution in [0.1, 0.15) is 12.7 Å². The molecule has 0 amide bonds. The Kier molecular flexibility index (Phi) is 2.81. The number of nitrogens with one attached hydrogen (secondary N) is 1. The lowest BCUT2D eigenvalue weighted by Crippen LogP contribution is -2.01. The number of nitrogens with zero attached hydrogens (tertiary/aromatic N) is 1. The van der Waals surface area contributed by atoms with E-state index in [0.29, 0.717) is 5.25 Å². The fourth-order valence-electron chi connectivity index (χ4n) is 0.765. The van der Waals surface area contributed by atoms with Crippen molar-refractivity contribution in [3.63, 3.8) is 0 Å². The number of imidazole rings is 1. The Balaban J connectivity index is 2.40. The van der Waals surface area contributed by atoms with Crippen molar-refractivity contribution in [2.24, 2.45) is 0 Å². The minimum Gasteiger partial charge on any atom is -0.349 e. The summed E-state index contributed by atoms with van der Waals surface area (Å²) in [5, 5.41) is 0.658. The summed E-state index contributed by atoms with van der Waals surface area (Å²) in [6, 6.07) is 0. The summed E-state index contributed by atoms with van der Waals surface area (Å²) in [4.78, 5) is 7.21. The molecule has 0 saturated heterocycles. The molecule has 1 unspecified atom stereocenters. The second-order valence-electron chi connectivity index (χ2n) is 2.29. The highest BCUT2D eigenvalue weighted by molar-refractivity contribution is 7.99. The molecular weight excluding hydrogens is 144 g/mol. The first-order valence-electron chi connectivity index (χ1n) is 3.34. The molecule has 0 spiro atoms. The Morgan fingerprint density at radius 1 is 1.80 bits per heavy atom. The number of rotatable bonds is 3. The first kappa shape index (κ1) is 7.66. The Labute approximate surface area is 65.4 Å². The molecule has 56 valence electrons. The summed E-state index contributed by atoms with van der Waals surface area (Å²) in [6.07, 6.45) is 6.81. The quantitative estimate of drug-likeness (QED) is 0.721. The van der Waals surface area contributed by atoms with Gasteiger partial charge in [-0.25, -0.2) is 4.98 Å². The monoisotopic (exact) mass is 156 g/mol. The molecule has 2 nitrogen and oxygen atoms in total. The van der Waals surface area contributed by atoms with E-state index in [9.17, 15) is 0 Å². The standard InChI is InChI=1S/C7H12N2S/c1-6(10-2)5-7-8-3-4-9-7/h3-4,6H,5H2,1-2H3,(H,8,9). The van der Waals surface area contributed by atoms with Crippen molar-refractivity contribution >= 4 is 11.8 Å². The van der Waals surface area contributed by atoms with E-state index in [1.165, 1.54) is 0 Å². The second kappa shape index (κ2) is 3.66. The third kappa shape index (κ3) is 2.06. The first-order chi connectivity index (χ1) is 4.83. The molecule has 3 heteroatoms. The molecule has 0 fully saturated rings. The average Bonchev–Trinajstić information content (AvgIpc) is 2.40. The summed E-state index contributed by atoms with van der Waals surface area (Å²) in [7, 11) is 0. The largest absolute Gasteiger partial charge is 0.349 e. The van der Waals surface area contributed by atoms with Gasteiger partial charge in [-0.2, -0.15) is 11.8 Å². The molecule has 1 aromatic heterocycles. The zero-order valence-electron chi connectivity index (χ0n) is 6.29. The van der Waals surface area contributed by atoms with E-state index in [4.69, 9.17) is 0 Å². The van der Waals surface area contributed by atoms with Crippen LogP contribution in [0.2, 0.25) is 0 Å². The maximum atomic E-state index is 4.14. The van der Waals surface area contributed by atoms with Crippen molar-refractivity contribution in [3.8, 4) is 0 Å². The van der Waals surface area contributed by atoms with Gasteiger partial charge in [0.25, 0.3) is 0 Å². The third-order valence-electron chi connectivity index (χ3n) is 1.44. The fourth-order valence-corrected chi connectivity index (χ4v) is 1.09. The third-order valence-corrected chi connectivity index (χ3v) is 2.41. The molecule has 1 heterocycles. The normalized spacial score (nSPS) is 13.4. The lowest BCUT2D eigenvalue weighted by molar-refractivity contribution is 0.875. The van der Waals surface area contributed by atoms with Crippen molar-refractivity contribution < 1.29 is 0 Å². The Morgan fingerprint density at radius 3 is 3.10 bits per heavy atom. The van der Waals surface area contributed by atoms with Gasteiger partial charge in [0.1, 0.15) is 5.82 Å². The van der Waals surface area contributed by atoms with E-state index in [2.05, 4.69) is 23.1 Å². The first-order valence-corrected chi connectivity index (χ1v) is 4.62. The van der Waals surface area contributed by atoms with Crippen LogP contribution < -0.4 is 0 Å². The van der Waals surface area contributed by atoms with Crippen LogP contribution in [0.5, 0.6) is 0 Å². The molecular formula is C7H12N2S. The minimum atomic E-state index is 0.658. The highest BCUT2D eigenvalue weighted by atomic mass is 32.2. The van der Waals surface area contributed by atoms with Crippen LogP contribution in [0.25, 0.3) is 0 Å². The molecule has 0 bridgehead atoms. The van der Waals surface area contributed by atoms with E-state index < -0.39 is 0 Å². The van der Waals surface area contributed by atoms with Crippen LogP contribution in [0.4, 0.5) is 0 Å². The van der Waals surface area contributed by atoms with Crippen LogP contribution in [-0.2, 0) is 6.42 Å². The number of thioether (sulfide) groups is 1. The molecule has 1 rings (SSSR count). The van der Waals surface area contributed by atoms with E-state index in [-0.39, 0.29) is 0 Å². The highest BCUT2D eigenvalue weighted by Crippen LogP contribution is 2.09. The minimum absolute atomic E-state index is 0.658. The van der Waals surface area contributed by atoms with Crippen molar-refractivity contribution in [2.45, 2.75) is 18.6 Å². The molecule has 1 atom stereocenters. The van der Waals surface area contributed by atoms with Crippen molar-refractivity contribution in [1.82, 2.24) is 9.97 Å². The van der Waals surface area contributed by atoms with E-state index in [1.54, 1.807) is 6.20 Å². The smallest absolute Gasteiger partial charge is 0.107 e. The fraction of sp³-hybridized carbons (Fsp3) is 0.571. The summed E-state index contributed by atoms with van der Waals surface area (Å²) in [6.45, 7) is 2.20. The van der Waals surface area contributed by atoms with Crippen molar-refractivity contribution in [1.29, 1.82) is 0 Å². The van der Waals surface area contributed by atoms with Crippen LogP contribution in [0, 0.1) is 0 Å². The Hall–Kier alpha value is -0.440. The molecule has 0 aromatic carbocycles. The van der Waals surface area contributed by atoms with Crippen LogP contribution in [0.3, 0.4) is 0 Å². The maximum Gasteiger partial charge on any atom is 0.107 e. The molecule has 1 aromatic rings. The van der Waals surface area contributed by atoms with Crippen LogP contribution >= 0.6 is 11.8 Å². The molecule has 0 aliphatic carbocycles. The van der Waals surface area contributed by atoms with Gasteiger partial charge in [0.2, 0.25) is 0 Å². The summed E-state index contributed by atoms with van der Waals surface area (Å²) in [5.74, 6) is 1.09. The van der Waals surface area contributed by atoms with Gasteiger partial charge in [-0.1, -0.05) is 6.92 Å². The Morgan fingerprint density at radius 2 is 2.60 bits per heavy atom. The number of aromatic amines is 1. The molecule has 1 N–H and O–H groups in total. The number of H-pyrrole nitrogens is 1. The van der Waals surface area contributed by atoms with Gasteiger partial charge >= 0.3 is 0 Å². The summed E-state index contributed by atoms with van der Waals surface area (Å²) in [5.41, 5.74) is 0. The number of hydrogen-bond acceptors (Lipinski definition) is 2. The van der Waals surface area contributed by atoms with Gasteiger partial charge in [0.15, 0.2) is 0 Å². The van der Waals surface area contributed by atoms with E-state index >= 15 is 0 Å². The van der Waals surface area contributed by atoms with Gasteiger partial charge < -0.3 is 4.98 Å². The Bertz CT molecular complexity index is 172. The van der Waals surface area contributed by atoms with E-state index in [0.717, 1.165) is 12.2 Å². The van der Waals surface area contributed by atoms with Gasteiger partial charge in [-0.15, -0.1) is 0 Å². The van der Waals surface area contributed by atoms with Crippen molar-refractivity contribution in [2.75, 3.05) is 6.26 Å². The van der Waals surface area contributed by atoms with Gasteiger partial charge in [-0.05, 0) is 6.26 Å². The summed E-state index contributed by atoms with van der Waals surface area (Å²) < 4.78 is 0. The molecule has 0 radical (unpaired) electrons. The van der Waals surface area contributed by atoms with Gasteiger partial charge in [0, 0.05) is 24.1 Å². The SMILES string of the molecule is CSC(C)Cc1ncc[nH]1. The number of aromatic nitrogens is 2. The van der Waals surface area contributed by atoms with E-state index in [1.807, 2.05) is 18.0 Å². The molecule has 0 aliphatic rings. The van der Waals surface area contributed by atoms with Crippen molar-refractivity contribution in [3.05, 3.63) is 18.2 Å². The maximum absolute atomic E-state index is 4.14. The average molecular weight is 156 g/mol. The van der Waals surface area contributed by atoms with Crippen LogP contribution in [-0.4, -0.2) is 21.5 Å². The predicted molar refractivity (Wildman–Crippen MR) is 45.3 cm³/mol. The van der Waals surface area contributed by atoms with Crippen LogP contribution in [0.15, 0.2) is 12.4 Å². The van der Waals surface area contributed by atoms with Gasteiger partial charge in [-0.3, -0.25) is 0 Å². The van der Waals surface area contributed by atoms with Gasteiger partial charge in [0.05, 0.1) is 0 Å². The molecule has 10 heavy (non-hydrogen) atoms. The summed E-state index contributed by atoms with van der Waals surface area (Å²) >= 11 is 1.86. The number of hydrogen-bond donors (Lipinski definition) is 1. The second-order valence-corrected chi connectivity index (χ2v) is 3.56. The zero-order chi connectivity index (χ0) is 7.40.